The summed E-state index contributed by atoms with van der Waals surface area (Å²) >= 11 is 0. The Morgan fingerprint density at radius 1 is 1.26 bits per heavy atom. The summed E-state index contributed by atoms with van der Waals surface area (Å²) < 4.78 is 10.6. The molecular weight excluding hydrogens is 346 g/mol. The van der Waals surface area contributed by atoms with Crippen molar-refractivity contribution in [3.63, 3.8) is 0 Å². The number of benzene rings is 1. The molecule has 1 heterocycles. The van der Waals surface area contributed by atoms with Crippen LogP contribution in [0.3, 0.4) is 0 Å². The van der Waals surface area contributed by atoms with E-state index in [9.17, 15) is 9.59 Å². The Morgan fingerprint density at radius 2 is 1.96 bits per heavy atom. The number of hydrogen-bond donors (Lipinski definition) is 2. The number of amides is 3. The number of ether oxygens (including phenoxy) is 2. The molecule has 1 aliphatic rings. The minimum Gasteiger partial charge on any atom is -0.493 e. The van der Waals surface area contributed by atoms with Crippen molar-refractivity contribution in [2.75, 3.05) is 27.3 Å². The molecule has 1 saturated heterocycles. The van der Waals surface area contributed by atoms with Crippen LogP contribution in [-0.2, 0) is 10.3 Å². The number of rotatable bonds is 7. The molecule has 0 saturated carbocycles. The summed E-state index contributed by atoms with van der Waals surface area (Å²) in [6.45, 7) is 5.30. The summed E-state index contributed by atoms with van der Waals surface area (Å²) in [7, 11) is 3.18. The van der Waals surface area contributed by atoms with E-state index in [1.165, 1.54) is 0 Å². The van der Waals surface area contributed by atoms with Crippen molar-refractivity contribution in [3.05, 3.63) is 23.8 Å². The standard InChI is InChI=1S/C20H31N3O4/c1-20(2,15-8-9-16(26-3)17(12-15)27-4)22-19(25)23-11-5-6-14(13-23)7-10-18(21)24/h8-9,12,14H,5-7,10-11,13H2,1-4H3,(H2,21,24)(H,22,25). The molecule has 0 spiro atoms. The average molecular weight is 377 g/mol. The highest BCUT2D eigenvalue weighted by Gasteiger charge is 2.29. The number of urea groups is 1. The van der Waals surface area contributed by atoms with Crippen LogP contribution in [0.5, 0.6) is 11.5 Å². The number of piperidine rings is 1. The van der Waals surface area contributed by atoms with Crippen molar-refractivity contribution in [1.82, 2.24) is 10.2 Å². The minimum absolute atomic E-state index is 0.0986. The van der Waals surface area contributed by atoms with Crippen LogP contribution >= 0.6 is 0 Å². The Kier molecular flexibility index (Phi) is 6.93. The van der Waals surface area contributed by atoms with E-state index in [-0.39, 0.29) is 11.9 Å². The van der Waals surface area contributed by atoms with E-state index < -0.39 is 5.54 Å². The van der Waals surface area contributed by atoms with E-state index in [4.69, 9.17) is 15.2 Å². The molecule has 7 heteroatoms. The molecule has 1 aromatic carbocycles. The zero-order valence-corrected chi connectivity index (χ0v) is 16.7. The Balaban J connectivity index is 2.03. The quantitative estimate of drug-likeness (QED) is 0.764. The summed E-state index contributed by atoms with van der Waals surface area (Å²) in [4.78, 5) is 25.7. The average Bonchev–Trinajstić information content (AvgIpc) is 2.65. The van der Waals surface area contributed by atoms with Gasteiger partial charge in [0.15, 0.2) is 11.5 Å². The van der Waals surface area contributed by atoms with Gasteiger partial charge in [-0.3, -0.25) is 4.79 Å². The zero-order chi connectivity index (χ0) is 20.0. The van der Waals surface area contributed by atoms with Crippen LogP contribution in [0.1, 0.15) is 45.1 Å². The van der Waals surface area contributed by atoms with Gasteiger partial charge in [-0.15, -0.1) is 0 Å². The fourth-order valence-electron chi connectivity index (χ4n) is 3.48. The molecule has 0 radical (unpaired) electrons. The predicted molar refractivity (Wildman–Crippen MR) is 104 cm³/mol. The summed E-state index contributed by atoms with van der Waals surface area (Å²) in [5.74, 6) is 1.31. The summed E-state index contributed by atoms with van der Waals surface area (Å²) in [5, 5.41) is 3.12. The van der Waals surface area contributed by atoms with Gasteiger partial charge in [0.05, 0.1) is 19.8 Å². The molecule has 27 heavy (non-hydrogen) atoms. The van der Waals surface area contributed by atoms with E-state index in [2.05, 4.69) is 5.32 Å². The largest absolute Gasteiger partial charge is 0.493 e. The summed E-state index contributed by atoms with van der Waals surface area (Å²) in [6.07, 6.45) is 3.07. The van der Waals surface area contributed by atoms with Crippen molar-refractivity contribution < 1.29 is 19.1 Å². The van der Waals surface area contributed by atoms with Crippen LogP contribution in [0, 0.1) is 5.92 Å². The van der Waals surface area contributed by atoms with Crippen molar-refractivity contribution in [3.8, 4) is 11.5 Å². The van der Waals surface area contributed by atoms with E-state index >= 15 is 0 Å². The molecule has 0 bridgehead atoms. The number of nitrogens with zero attached hydrogens (tertiary/aromatic N) is 1. The zero-order valence-electron chi connectivity index (χ0n) is 16.7. The molecule has 150 valence electrons. The minimum atomic E-state index is -0.573. The monoisotopic (exact) mass is 377 g/mol. The number of carbonyl (C=O) groups is 2. The highest BCUT2D eigenvalue weighted by atomic mass is 16.5. The van der Waals surface area contributed by atoms with Crippen molar-refractivity contribution in [1.29, 1.82) is 0 Å². The second-order valence-electron chi connectivity index (χ2n) is 7.58. The number of carbonyl (C=O) groups excluding carboxylic acids is 2. The number of nitrogens with one attached hydrogen (secondary N) is 1. The molecule has 2 rings (SSSR count). The first-order valence-electron chi connectivity index (χ1n) is 9.34. The van der Waals surface area contributed by atoms with Gasteiger partial charge in [-0.05, 0) is 56.7 Å². The van der Waals surface area contributed by atoms with E-state index in [1.54, 1.807) is 14.2 Å². The highest BCUT2D eigenvalue weighted by Crippen LogP contribution is 2.32. The second-order valence-corrected chi connectivity index (χ2v) is 7.58. The van der Waals surface area contributed by atoms with Crippen LogP contribution in [0.4, 0.5) is 4.79 Å². The summed E-state index contributed by atoms with van der Waals surface area (Å²) in [5.41, 5.74) is 5.60. The van der Waals surface area contributed by atoms with Gasteiger partial charge in [-0.1, -0.05) is 6.07 Å². The Morgan fingerprint density at radius 3 is 2.59 bits per heavy atom. The highest BCUT2D eigenvalue weighted by molar-refractivity contribution is 5.75. The van der Waals surface area contributed by atoms with E-state index in [0.717, 1.165) is 31.4 Å². The van der Waals surface area contributed by atoms with Gasteiger partial charge in [-0.25, -0.2) is 4.79 Å². The molecule has 0 aliphatic carbocycles. The van der Waals surface area contributed by atoms with Gasteiger partial charge < -0.3 is 25.4 Å². The van der Waals surface area contributed by atoms with Crippen LogP contribution in [0.25, 0.3) is 0 Å². The van der Waals surface area contributed by atoms with Crippen molar-refractivity contribution >= 4 is 11.9 Å². The van der Waals surface area contributed by atoms with E-state index in [0.29, 0.717) is 30.4 Å². The van der Waals surface area contributed by atoms with Gasteiger partial charge in [0, 0.05) is 19.5 Å². The van der Waals surface area contributed by atoms with Crippen LogP contribution in [0.2, 0.25) is 0 Å². The molecule has 1 aliphatic heterocycles. The second kappa shape index (κ2) is 8.97. The van der Waals surface area contributed by atoms with Crippen LogP contribution in [0.15, 0.2) is 18.2 Å². The molecule has 7 nitrogen and oxygen atoms in total. The third-order valence-corrected chi connectivity index (χ3v) is 5.13. The molecule has 1 atom stereocenters. The number of methoxy groups -OCH3 is 2. The van der Waals surface area contributed by atoms with Crippen LogP contribution in [-0.4, -0.2) is 44.1 Å². The maximum absolute atomic E-state index is 12.8. The topological polar surface area (TPSA) is 93.9 Å². The SMILES string of the molecule is COc1ccc(C(C)(C)NC(=O)N2CCCC(CCC(N)=O)C2)cc1OC. The molecule has 1 aromatic rings. The molecular formula is C20H31N3O4. The lowest BCUT2D eigenvalue weighted by Gasteiger charge is -2.36. The van der Waals surface area contributed by atoms with Crippen LogP contribution < -0.4 is 20.5 Å². The first-order valence-corrected chi connectivity index (χ1v) is 9.34. The lowest BCUT2D eigenvalue weighted by Crippen LogP contribution is -2.51. The molecule has 1 unspecified atom stereocenters. The van der Waals surface area contributed by atoms with Gasteiger partial charge in [0.25, 0.3) is 0 Å². The molecule has 3 amide bonds. The molecule has 1 fully saturated rings. The van der Waals surface area contributed by atoms with Crippen molar-refractivity contribution in [2.24, 2.45) is 11.7 Å². The third kappa shape index (κ3) is 5.52. The third-order valence-electron chi connectivity index (χ3n) is 5.13. The van der Waals surface area contributed by atoms with E-state index in [1.807, 2.05) is 36.9 Å². The van der Waals surface area contributed by atoms with Gasteiger partial charge >= 0.3 is 6.03 Å². The normalized spacial score (nSPS) is 17.3. The number of primary amides is 1. The molecule has 0 aromatic heterocycles. The smallest absolute Gasteiger partial charge is 0.318 e. The number of hydrogen-bond acceptors (Lipinski definition) is 4. The maximum Gasteiger partial charge on any atom is 0.318 e. The molecule has 3 N–H and O–H groups in total. The van der Waals surface area contributed by atoms with Gasteiger partial charge in [0.2, 0.25) is 5.91 Å². The predicted octanol–water partition coefficient (Wildman–Crippen LogP) is 2.63. The van der Waals surface area contributed by atoms with Gasteiger partial charge in [-0.2, -0.15) is 0 Å². The van der Waals surface area contributed by atoms with Crippen molar-refractivity contribution in [2.45, 2.75) is 45.1 Å². The Labute approximate surface area is 161 Å². The first kappa shape index (κ1) is 20.9. The number of nitrogens with two attached hydrogens (primary N) is 1. The fraction of sp³-hybridized carbons (Fsp3) is 0.600. The fourth-order valence-corrected chi connectivity index (χ4v) is 3.48. The Bertz CT molecular complexity index is 675. The Hall–Kier alpha value is -2.44. The first-order chi connectivity index (χ1) is 12.8. The number of likely N-dealkylation sites (tertiary alicyclic amines) is 1. The lowest BCUT2D eigenvalue weighted by molar-refractivity contribution is -0.118. The van der Waals surface area contributed by atoms with Gasteiger partial charge in [0.1, 0.15) is 0 Å². The summed E-state index contributed by atoms with van der Waals surface area (Å²) in [6, 6.07) is 5.54. The lowest BCUT2D eigenvalue weighted by atomic mass is 9.92. The maximum atomic E-state index is 12.8.